The highest BCUT2D eigenvalue weighted by Gasteiger charge is 2.21. The summed E-state index contributed by atoms with van der Waals surface area (Å²) in [5.41, 5.74) is 5.40. The zero-order valence-electron chi connectivity index (χ0n) is 15.9. The minimum absolute atomic E-state index is 0.0851. The molecule has 148 valence electrons. The van der Waals surface area contributed by atoms with Crippen molar-refractivity contribution in [1.29, 1.82) is 0 Å². The monoisotopic (exact) mass is 359 g/mol. The number of hydrogen-bond donors (Lipinski definition) is 3. The lowest BCUT2D eigenvalue weighted by Crippen LogP contribution is -2.33. The van der Waals surface area contributed by atoms with Crippen molar-refractivity contribution in [3.63, 3.8) is 0 Å². The summed E-state index contributed by atoms with van der Waals surface area (Å²) in [6.07, 6.45) is 8.24. The van der Waals surface area contributed by atoms with Crippen LogP contribution in [0.5, 0.6) is 0 Å². The van der Waals surface area contributed by atoms with Crippen LogP contribution in [0.1, 0.15) is 84.5 Å². The molecular formula is C19H37NO5. The van der Waals surface area contributed by atoms with Crippen LogP contribution in [-0.2, 0) is 14.3 Å². The molecule has 0 fully saturated rings. The summed E-state index contributed by atoms with van der Waals surface area (Å²) in [6, 6.07) is -1.02. The number of hydrogen-bond acceptors (Lipinski definition) is 5. The predicted molar refractivity (Wildman–Crippen MR) is 98.5 cm³/mol. The fraction of sp³-hybridized carbons (Fsp3) is 0.895. The molecule has 0 saturated heterocycles. The Morgan fingerprint density at radius 3 is 2.16 bits per heavy atom. The predicted octanol–water partition coefficient (Wildman–Crippen LogP) is 3.04. The Kier molecular flexibility index (Phi) is 14.7. The van der Waals surface area contributed by atoms with E-state index in [1.807, 2.05) is 0 Å². The second kappa shape index (κ2) is 15.3. The van der Waals surface area contributed by atoms with Gasteiger partial charge in [0.25, 0.3) is 0 Å². The first-order valence-electron chi connectivity index (χ1n) is 9.72. The number of aliphatic carboxylic acids is 1. The first kappa shape index (κ1) is 24.0. The molecule has 0 aromatic heterocycles. The van der Waals surface area contributed by atoms with Gasteiger partial charge in [0.2, 0.25) is 0 Å². The van der Waals surface area contributed by atoms with Gasteiger partial charge in [-0.2, -0.15) is 0 Å². The van der Waals surface area contributed by atoms with Crippen molar-refractivity contribution in [3.05, 3.63) is 0 Å². The highest BCUT2D eigenvalue weighted by molar-refractivity contribution is 5.81. The fourth-order valence-electron chi connectivity index (χ4n) is 2.66. The van der Waals surface area contributed by atoms with Crippen LogP contribution in [0.4, 0.5) is 0 Å². The maximum atomic E-state index is 11.9. The molecule has 4 N–H and O–H groups in total. The molecule has 0 rings (SSSR count). The van der Waals surface area contributed by atoms with Crippen molar-refractivity contribution in [1.82, 2.24) is 0 Å². The van der Waals surface area contributed by atoms with Gasteiger partial charge in [0.05, 0.1) is 12.2 Å². The van der Waals surface area contributed by atoms with Crippen molar-refractivity contribution >= 4 is 11.8 Å². The zero-order chi connectivity index (χ0) is 19.1. The quantitative estimate of drug-likeness (QED) is 0.344. The lowest BCUT2D eigenvalue weighted by atomic mass is 10.0. The Morgan fingerprint density at radius 1 is 0.960 bits per heavy atom. The van der Waals surface area contributed by atoms with Gasteiger partial charge in [0.15, 0.2) is 5.78 Å². The van der Waals surface area contributed by atoms with Crippen molar-refractivity contribution in [2.75, 3.05) is 6.61 Å². The number of aliphatic hydroxyl groups is 1. The lowest BCUT2D eigenvalue weighted by Gasteiger charge is -2.23. The smallest absolute Gasteiger partial charge is 0.320 e. The summed E-state index contributed by atoms with van der Waals surface area (Å²) in [5, 5.41) is 19.1. The first-order valence-corrected chi connectivity index (χ1v) is 9.72. The molecule has 0 aliphatic carbocycles. The van der Waals surface area contributed by atoms with E-state index < -0.39 is 18.1 Å². The van der Waals surface area contributed by atoms with Gasteiger partial charge in [-0.25, -0.2) is 0 Å². The SMILES string of the molecule is CCCCCCC(O)C(CCCCC)OCC(=O)CCC(N)C(=O)O. The van der Waals surface area contributed by atoms with Crippen LogP contribution in [0.3, 0.4) is 0 Å². The van der Waals surface area contributed by atoms with Crippen LogP contribution < -0.4 is 5.73 Å². The molecule has 0 heterocycles. The molecule has 0 spiro atoms. The normalized spacial score (nSPS) is 14.9. The standard InChI is InChI=1S/C19H37NO5/c1-3-5-7-9-10-17(22)18(11-8-6-4-2)25-14-15(21)12-13-16(20)19(23)24/h16-18,22H,3-14,20H2,1-2H3,(H,23,24). The second-order valence-corrected chi connectivity index (χ2v) is 6.78. The number of carboxylic acids is 1. The summed E-state index contributed by atoms with van der Waals surface area (Å²) < 4.78 is 5.67. The Balaban J connectivity index is 4.27. The van der Waals surface area contributed by atoms with E-state index >= 15 is 0 Å². The molecule has 0 radical (unpaired) electrons. The van der Waals surface area contributed by atoms with Crippen molar-refractivity contribution in [3.8, 4) is 0 Å². The maximum Gasteiger partial charge on any atom is 0.320 e. The number of aliphatic hydroxyl groups excluding tert-OH is 1. The average molecular weight is 360 g/mol. The Morgan fingerprint density at radius 2 is 1.56 bits per heavy atom. The minimum atomic E-state index is -1.10. The summed E-state index contributed by atoms with van der Waals surface area (Å²) in [6.45, 7) is 4.18. The van der Waals surface area contributed by atoms with E-state index in [0.717, 1.165) is 51.4 Å². The topological polar surface area (TPSA) is 110 Å². The molecule has 0 bridgehead atoms. The number of nitrogens with two attached hydrogens (primary N) is 1. The molecule has 25 heavy (non-hydrogen) atoms. The van der Waals surface area contributed by atoms with Gasteiger partial charge in [-0.05, 0) is 19.3 Å². The zero-order valence-corrected chi connectivity index (χ0v) is 15.9. The van der Waals surface area contributed by atoms with Crippen LogP contribution >= 0.6 is 0 Å². The van der Waals surface area contributed by atoms with E-state index in [-0.39, 0.29) is 31.3 Å². The summed E-state index contributed by atoms with van der Waals surface area (Å²) in [5.74, 6) is -1.27. The highest BCUT2D eigenvalue weighted by Crippen LogP contribution is 2.16. The Bertz CT molecular complexity index is 362. The van der Waals surface area contributed by atoms with E-state index in [2.05, 4.69) is 13.8 Å². The summed E-state index contributed by atoms with van der Waals surface area (Å²) in [7, 11) is 0. The van der Waals surface area contributed by atoms with Gasteiger partial charge in [-0.3, -0.25) is 9.59 Å². The third-order valence-electron chi connectivity index (χ3n) is 4.38. The van der Waals surface area contributed by atoms with Crippen LogP contribution in [-0.4, -0.2) is 46.8 Å². The molecule has 0 aliphatic rings. The van der Waals surface area contributed by atoms with Gasteiger partial charge in [-0.15, -0.1) is 0 Å². The number of carbonyl (C=O) groups excluding carboxylic acids is 1. The van der Waals surface area contributed by atoms with Gasteiger partial charge in [0.1, 0.15) is 12.6 Å². The van der Waals surface area contributed by atoms with E-state index in [9.17, 15) is 14.7 Å². The number of carbonyl (C=O) groups is 2. The van der Waals surface area contributed by atoms with Crippen LogP contribution in [0, 0.1) is 0 Å². The maximum absolute atomic E-state index is 11.9. The molecule has 0 amide bonds. The molecule has 6 nitrogen and oxygen atoms in total. The number of rotatable bonds is 17. The number of Topliss-reactive ketones (excluding diaryl/α,β-unsaturated/α-hetero) is 1. The van der Waals surface area contributed by atoms with Crippen LogP contribution in [0.25, 0.3) is 0 Å². The van der Waals surface area contributed by atoms with Gasteiger partial charge >= 0.3 is 5.97 Å². The second-order valence-electron chi connectivity index (χ2n) is 6.78. The summed E-state index contributed by atoms with van der Waals surface area (Å²) in [4.78, 5) is 22.5. The van der Waals surface area contributed by atoms with E-state index in [0.29, 0.717) is 6.42 Å². The van der Waals surface area contributed by atoms with Crippen molar-refractivity contribution in [2.24, 2.45) is 5.73 Å². The molecule has 0 aliphatic heterocycles. The molecule has 3 unspecified atom stereocenters. The van der Waals surface area contributed by atoms with Crippen molar-refractivity contribution in [2.45, 2.75) is 103 Å². The molecule has 0 saturated carbocycles. The van der Waals surface area contributed by atoms with Crippen LogP contribution in [0.2, 0.25) is 0 Å². The van der Waals surface area contributed by atoms with Crippen molar-refractivity contribution < 1.29 is 24.5 Å². The number of ketones is 1. The fourth-order valence-corrected chi connectivity index (χ4v) is 2.66. The lowest BCUT2D eigenvalue weighted by molar-refractivity contribution is -0.138. The van der Waals surface area contributed by atoms with E-state index in [1.165, 1.54) is 0 Å². The third kappa shape index (κ3) is 13.0. The van der Waals surface area contributed by atoms with Gasteiger partial charge < -0.3 is 20.7 Å². The van der Waals surface area contributed by atoms with Gasteiger partial charge in [0, 0.05) is 6.42 Å². The molecule has 0 aromatic carbocycles. The number of carboxylic acid groups (broad SMARTS) is 1. The minimum Gasteiger partial charge on any atom is -0.480 e. The van der Waals surface area contributed by atoms with E-state index in [1.54, 1.807) is 0 Å². The first-order chi connectivity index (χ1) is 11.9. The molecule has 6 heteroatoms. The molecular weight excluding hydrogens is 322 g/mol. The highest BCUT2D eigenvalue weighted by atomic mass is 16.5. The third-order valence-corrected chi connectivity index (χ3v) is 4.38. The average Bonchev–Trinajstić information content (AvgIpc) is 2.59. The van der Waals surface area contributed by atoms with E-state index in [4.69, 9.17) is 15.6 Å². The molecule has 0 aromatic rings. The number of ether oxygens (including phenoxy) is 1. The van der Waals surface area contributed by atoms with Gasteiger partial charge in [-0.1, -0.05) is 58.8 Å². The Hall–Kier alpha value is -0.980. The largest absolute Gasteiger partial charge is 0.480 e. The molecule has 3 atom stereocenters. The number of unbranched alkanes of at least 4 members (excludes halogenated alkanes) is 5. The Labute approximate surface area is 152 Å². The van der Waals surface area contributed by atoms with Crippen LogP contribution in [0.15, 0.2) is 0 Å². The summed E-state index contributed by atoms with van der Waals surface area (Å²) >= 11 is 0.